The number of ether oxygens (including phenoxy) is 4. The van der Waals surface area contributed by atoms with Crippen LogP contribution < -0.4 is 18.9 Å². The maximum atomic E-state index is 11.2. The summed E-state index contributed by atoms with van der Waals surface area (Å²) in [4.78, 5) is 22.3. The molecule has 8 rings (SSSR count). The van der Waals surface area contributed by atoms with Gasteiger partial charge in [-0.15, -0.1) is 0 Å². The number of halogens is 1. The largest absolute Gasteiger partial charge is 0.490 e. The molecule has 0 aliphatic carbocycles. The van der Waals surface area contributed by atoms with Crippen molar-refractivity contribution in [2.75, 3.05) is 0 Å². The second-order valence-corrected chi connectivity index (χ2v) is 16.3. The zero-order chi connectivity index (χ0) is 43.4. The van der Waals surface area contributed by atoms with E-state index in [0.29, 0.717) is 46.6 Å². The van der Waals surface area contributed by atoms with E-state index < -0.39 is 11.9 Å². The summed E-state index contributed by atoms with van der Waals surface area (Å²) in [6, 6.07) is 29.1. The van der Waals surface area contributed by atoms with E-state index in [1.165, 1.54) is 0 Å². The van der Waals surface area contributed by atoms with Gasteiger partial charge in [-0.2, -0.15) is 10.5 Å². The maximum Gasteiger partial charge on any atom is 0.304 e. The van der Waals surface area contributed by atoms with Crippen molar-refractivity contribution in [2.45, 2.75) is 104 Å². The van der Waals surface area contributed by atoms with Gasteiger partial charge in [0, 0.05) is 52.6 Å². The fourth-order valence-corrected chi connectivity index (χ4v) is 8.64. The van der Waals surface area contributed by atoms with Crippen LogP contribution in [0.4, 0.5) is 0 Å². The molecule has 2 aliphatic rings. The Hall–Kier alpha value is -6.63. The van der Waals surface area contributed by atoms with Crippen molar-refractivity contribution in [3.63, 3.8) is 0 Å². The van der Waals surface area contributed by atoms with Crippen LogP contribution in [-0.2, 0) is 35.9 Å². The van der Waals surface area contributed by atoms with E-state index in [9.17, 15) is 25.2 Å². The molecule has 4 heterocycles. The van der Waals surface area contributed by atoms with Crippen molar-refractivity contribution in [1.82, 2.24) is 9.13 Å². The Labute approximate surface area is 359 Å². The molecule has 0 amide bonds. The van der Waals surface area contributed by atoms with Gasteiger partial charge in [-0.05, 0) is 118 Å². The lowest BCUT2D eigenvalue weighted by Gasteiger charge is -2.13. The molecule has 13 heteroatoms. The molecular weight excluding hydrogens is 796 g/mol. The van der Waals surface area contributed by atoms with Crippen molar-refractivity contribution < 1.29 is 38.7 Å². The van der Waals surface area contributed by atoms with E-state index in [-0.39, 0.29) is 36.9 Å². The van der Waals surface area contributed by atoms with Crippen molar-refractivity contribution in [3.05, 3.63) is 118 Å². The number of hydrogen-bond donors (Lipinski definition) is 2. The third-order valence-corrected chi connectivity index (χ3v) is 11.2. The molecule has 0 bridgehead atoms. The minimum absolute atomic E-state index is 0.00469. The van der Waals surface area contributed by atoms with E-state index in [0.717, 1.165) is 76.0 Å². The number of carboxylic acid groups (broad SMARTS) is 2. The Morgan fingerprint density at radius 1 is 0.705 bits per heavy atom. The third kappa shape index (κ3) is 9.56. The number of fused-ring (bicyclic) bond motifs is 6. The first-order valence-corrected chi connectivity index (χ1v) is 20.7. The number of aliphatic carboxylic acids is 2. The number of rotatable bonds is 14. The molecule has 0 saturated carbocycles. The lowest BCUT2D eigenvalue weighted by atomic mass is 10.0. The predicted molar refractivity (Wildman–Crippen MR) is 231 cm³/mol. The predicted octanol–water partition coefficient (Wildman–Crippen LogP) is 10.3. The molecule has 0 radical (unpaired) electrons. The first-order chi connectivity index (χ1) is 29.3. The maximum absolute atomic E-state index is 11.2. The number of aromatic nitrogens is 2. The molecule has 4 aromatic carbocycles. The number of hydrogen-bond acceptors (Lipinski definition) is 8. The highest BCUT2D eigenvalue weighted by molar-refractivity contribution is 6.36. The van der Waals surface area contributed by atoms with Crippen molar-refractivity contribution in [3.8, 4) is 35.1 Å². The van der Waals surface area contributed by atoms with Gasteiger partial charge in [-0.3, -0.25) is 9.59 Å². The number of nitriles is 2. The van der Waals surface area contributed by atoms with Crippen molar-refractivity contribution in [2.24, 2.45) is 0 Å². The Bertz CT molecular complexity index is 2700. The number of nitrogens with zero attached hydrogens (tertiary/aromatic N) is 4. The van der Waals surface area contributed by atoms with Gasteiger partial charge in [0.1, 0.15) is 48.4 Å². The zero-order valence-corrected chi connectivity index (χ0v) is 35.2. The fourth-order valence-electron chi connectivity index (χ4n) is 8.23. The highest BCUT2D eigenvalue weighted by Gasteiger charge is 2.31. The van der Waals surface area contributed by atoms with E-state index in [4.69, 9.17) is 35.7 Å². The van der Waals surface area contributed by atoms with Crippen LogP contribution in [-0.4, -0.2) is 43.5 Å². The highest BCUT2D eigenvalue weighted by atomic mass is 35.5. The summed E-state index contributed by atoms with van der Waals surface area (Å²) in [5.74, 6) is 0.963. The fraction of sp³-hybridized carbons (Fsp3) is 0.333. The standard InChI is InChI=1S/C24H23ClN2O4.C24H24N2O4/c1-14(2)31-21-6-3-15(9-17(21)12-26)13-30-18-4-5-20-19(11-18)23(25)24-16(10-22(28)29)7-8-27(20)24;1-15(2)30-23-6-3-16(9-19(23)13-25)14-29-20-4-5-21-18(10-20)11-22-17(12-24(27)28)7-8-26(21)22/h3-6,9,11,14,16H,7-8,10,13H2,1-2H3,(H,28,29);3-6,9-11,15,17H,7-8,12,14H2,1-2H3,(H,27,28). The van der Waals surface area contributed by atoms with Gasteiger partial charge in [0.05, 0.1) is 46.7 Å². The summed E-state index contributed by atoms with van der Waals surface area (Å²) in [6.07, 6.45) is 1.89. The Morgan fingerprint density at radius 3 is 1.79 bits per heavy atom. The summed E-state index contributed by atoms with van der Waals surface area (Å²) in [5.41, 5.74) is 6.80. The second kappa shape index (κ2) is 18.3. The minimum atomic E-state index is -0.814. The first kappa shape index (κ1) is 42.5. The smallest absolute Gasteiger partial charge is 0.304 e. The van der Waals surface area contributed by atoms with Crippen LogP contribution in [0.25, 0.3) is 21.8 Å². The van der Waals surface area contributed by atoms with E-state index in [1.54, 1.807) is 24.3 Å². The van der Waals surface area contributed by atoms with Crippen LogP contribution in [0.3, 0.4) is 0 Å². The minimum Gasteiger partial charge on any atom is -0.490 e. The highest BCUT2D eigenvalue weighted by Crippen LogP contribution is 2.44. The van der Waals surface area contributed by atoms with Crippen LogP contribution in [0.5, 0.6) is 23.0 Å². The average Bonchev–Trinajstić information content (AvgIpc) is 3.98. The van der Waals surface area contributed by atoms with E-state index in [2.05, 4.69) is 27.3 Å². The molecule has 2 aromatic heterocycles. The third-order valence-electron chi connectivity index (χ3n) is 10.8. The normalized spacial score (nSPS) is 15.2. The van der Waals surface area contributed by atoms with Gasteiger partial charge in [-0.25, -0.2) is 0 Å². The van der Waals surface area contributed by atoms with Crippen LogP contribution >= 0.6 is 11.6 Å². The molecule has 0 saturated heterocycles. The zero-order valence-electron chi connectivity index (χ0n) is 34.5. The number of aryl methyl sites for hydroxylation is 2. The van der Waals surface area contributed by atoms with Crippen molar-refractivity contribution in [1.29, 1.82) is 10.5 Å². The monoisotopic (exact) mass is 842 g/mol. The van der Waals surface area contributed by atoms with Gasteiger partial charge in [0.25, 0.3) is 0 Å². The van der Waals surface area contributed by atoms with Crippen LogP contribution in [0.2, 0.25) is 5.02 Å². The summed E-state index contributed by atoms with van der Waals surface area (Å²) in [7, 11) is 0. The molecule has 12 nitrogen and oxygen atoms in total. The van der Waals surface area contributed by atoms with Gasteiger partial charge >= 0.3 is 11.9 Å². The molecule has 61 heavy (non-hydrogen) atoms. The summed E-state index contributed by atoms with van der Waals surface area (Å²) < 4.78 is 27.6. The molecule has 2 atom stereocenters. The van der Waals surface area contributed by atoms with Crippen LogP contribution in [0, 0.1) is 22.7 Å². The quantitative estimate of drug-likeness (QED) is 0.108. The molecule has 2 unspecified atom stereocenters. The molecule has 2 aliphatic heterocycles. The molecule has 6 aromatic rings. The number of carboxylic acids is 2. The molecule has 0 fully saturated rings. The van der Waals surface area contributed by atoms with Crippen molar-refractivity contribution >= 4 is 45.3 Å². The Kier molecular flexibility index (Phi) is 12.8. The number of carbonyl (C=O) groups is 2. The molecular formula is C48H47ClN4O8. The molecule has 314 valence electrons. The SMILES string of the molecule is CC(C)Oc1ccc(COc2ccc3c(c2)c(Cl)c2n3CCC2CC(=O)O)cc1C#N.CC(C)Oc1ccc(COc2ccc3c(c2)cc2n3CCC2CC(=O)O)cc1C#N. The Balaban J connectivity index is 0.000000184. The van der Waals surface area contributed by atoms with Gasteiger partial charge < -0.3 is 38.3 Å². The van der Waals surface area contributed by atoms with Gasteiger partial charge in [0.15, 0.2) is 0 Å². The van der Waals surface area contributed by atoms with Gasteiger partial charge in [0.2, 0.25) is 0 Å². The number of benzene rings is 4. The van der Waals surface area contributed by atoms with E-state index in [1.807, 2.05) is 76.2 Å². The first-order valence-electron chi connectivity index (χ1n) is 20.3. The average molecular weight is 843 g/mol. The van der Waals surface area contributed by atoms with Crippen LogP contribution in [0.1, 0.15) is 98.9 Å². The topological polar surface area (TPSA) is 169 Å². The lowest BCUT2D eigenvalue weighted by molar-refractivity contribution is -0.138. The summed E-state index contributed by atoms with van der Waals surface area (Å²) >= 11 is 6.65. The summed E-state index contributed by atoms with van der Waals surface area (Å²) in [5, 5.41) is 39.6. The Morgan fingerprint density at radius 2 is 1.23 bits per heavy atom. The second-order valence-electron chi connectivity index (χ2n) is 15.9. The lowest BCUT2D eigenvalue weighted by Crippen LogP contribution is -2.07. The van der Waals surface area contributed by atoms with Gasteiger partial charge in [-0.1, -0.05) is 23.7 Å². The van der Waals surface area contributed by atoms with E-state index >= 15 is 0 Å². The molecule has 0 spiro atoms. The van der Waals surface area contributed by atoms with Crippen LogP contribution in [0.15, 0.2) is 78.9 Å². The summed E-state index contributed by atoms with van der Waals surface area (Å²) in [6.45, 7) is 9.94. The molecule has 2 N–H and O–H groups in total.